The van der Waals surface area contributed by atoms with Gasteiger partial charge in [0, 0.05) is 25.0 Å². The second kappa shape index (κ2) is 8.47. The Balaban J connectivity index is 1.97. The zero-order valence-corrected chi connectivity index (χ0v) is 18.5. The molecule has 3 heterocycles. The van der Waals surface area contributed by atoms with Crippen LogP contribution >= 0.6 is 0 Å². The Labute approximate surface area is 185 Å². The van der Waals surface area contributed by atoms with E-state index in [1.165, 1.54) is 13.2 Å². The summed E-state index contributed by atoms with van der Waals surface area (Å²) in [6.45, 7) is 6.48. The monoisotopic (exact) mass is 433 g/mol. The fourth-order valence-electron chi connectivity index (χ4n) is 4.02. The molecule has 0 unspecified atom stereocenters. The lowest BCUT2D eigenvalue weighted by Gasteiger charge is -2.11. The van der Waals surface area contributed by atoms with Crippen LogP contribution in [0.3, 0.4) is 0 Å². The van der Waals surface area contributed by atoms with Crippen LogP contribution in [-0.2, 0) is 13.6 Å². The number of benzene rings is 1. The van der Waals surface area contributed by atoms with Crippen LogP contribution in [0.25, 0.3) is 33.6 Å². The summed E-state index contributed by atoms with van der Waals surface area (Å²) < 4.78 is 9.58. The summed E-state index contributed by atoms with van der Waals surface area (Å²) in [6.07, 6.45) is 3.69. The first kappa shape index (κ1) is 21.6. The minimum Gasteiger partial charge on any atom is -0.494 e. The van der Waals surface area contributed by atoms with Crippen molar-refractivity contribution >= 4 is 28.0 Å². The number of aromatic carboxylic acids is 1. The molecule has 0 aliphatic heterocycles. The predicted molar refractivity (Wildman–Crippen MR) is 125 cm³/mol. The van der Waals surface area contributed by atoms with E-state index in [0.29, 0.717) is 17.1 Å². The second-order valence-corrected chi connectivity index (χ2v) is 7.90. The molecule has 8 heteroatoms. The Kier molecular flexibility index (Phi) is 5.71. The zero-order chi connectivity index (χ0) is 23.0. The van der Waals surface area contributed by atoms with Gasteiger partial charge < -0.3 is 24.7 Å². The Morgan fingerprint density at radius 2 is 2.09 bits per heavy atom. The molecule has 0 spiro atoms. The molecular formula is C24H27N5O3. The average Bonchev–Trinajstić information content (AvgIpc) is 3.30. The molecule has 4 aromatic rings. The van der Waals surface area contributed by atoms with Gasteiger partial charge in [-0.15, -0.1) is 6.58 Å². The van der Waals surface area contributed by atoms with E-state index in [0.717, 1.165) is 47.3 Å². The maximum atomic E-state index is 11.6. The third-order valence-electron chi connectivity index (χ3n) is 5.65. The van der Waals surface area contributed by atoms with Gasteiger partial charge in [0.1, 0.15) is 16.9 Å². The molecule has 1 atom stereocenters. The molecule has 0 amide bonds. The van der Waals surface area contributed by atoms with Crippen molar-refractivity contribution in [3.8, 4) is 17.3 Å². The molecule has 0 radical (unpaired) electrons. The first-order chi connectivity index (χ1) is 15.3. The number of pyridine rings is 1. The van der Waals surface area contributed by atoms with Gasteiger partial charge in [-0.3, -0.25) is 0 Å². The van der Waals surface area contributed by atoms with E-state index in [9.17, 15) is 9.90 Å². The maximum absolute atomic E-state index is 11.6. The number of carboxylic acid groups (broad SMARTS) is 1. The van der Waals surface area contributed by atoms with Gasteiger partial charge in [0.2, 0.25) is 0 Å². The number of methoxy groups -OCH3 is 1. The van der Waals surface area contributed by atoms with Crippen LogP contribution in [0.15, 0.2) is 43.0 Å². The van der Waals surface area contributed by atoms with E-state index >= 15 is 0 Å². The van der Waals surface area contributed by atoms with Crippen molar-refractivity contribution < 1.29 is 14.6 Å². The van der Waals surface area contributed by atoms with Gasteiger partial charge in [-0.1, -0.05) is 6.08 Å². The van der Waals surface area contributed by atoms with Gasteiger partial charge in [-0.25, -0.2) is 14.8 Å². The summed E-state index contributed by atoms with van der Waals surface area (Å²) in [5.41, 5.74) is 10.1. The van der Waals surface area contributed by atoms with Crippen molar-refractivity contribution in [2.45, 2.75) is 32.4 Å². The third-order valence-corrected chi connectivity index (χ3v) is 5.65. The molecule has 32 heavy (non-hydrogen) atoms. The number of hydrogen-bond acceptors (Lipinski definition) is 5. The largest absolute Gasteiger partial charge is 0.494 e. The average molecular weight is 434 g/mol. The van der Waals surface area contributed by atoms with Gasteiger partial charge in [0.05, 0.1) is 29.6 Å². The molecule has 3 aromatic heterocycles. The number of carboxylic acids is 1. The number of aryl methyl sites for hydroxylation is 2. The molecule has 166 valence electrons. The summed E-state index contributed by atoms with van der Waals surface area (Å²) in [7, 11) is 3.43. The van der Waals surface area contributed by atoms with Crippen molar-refractivity contribution in [2.24, 2.45) is 12.8 Å². The van der Waals surface area contributed by atoms with E-state index in [-0.39, 0.29) is 11.6 Å². The van der Waals surface area contributed by atoms with E-state index in [4.69, 9.17) is 20.4 Å². The van der Waals surface area contributed by atoms with Crippen LogP contribution in [0, 0.1) is 0 Å². The van der Waals surface area contributed by atoms with Crippen molar-refractivity contribution in [3.63, 3.8) is 0 Å². The molecule has 4 rings (SSSR count). The van der Waals surface area contributed by atoms with Gasteiger partial charge in [-0.2, -0.15) is 0 Å². The summed E-state index contributed by atoms with van der Waals surface area (Å²) in [4.78, 5) is 21.2. The highest BCUT2D eigenvalue weighted by Crippen LogP contribution is 2.34. The lowest BCUT2D eigenvalue weighted by Crippen LogP contribution is -2.09. The quantitative estimate of drug-likeness (QED) is 0.317. The van der Waals surface area contributed by atoms with Gasteiger partial charge in [0.15, 0.2) is 5.82 Å². The van der Waals surface area contributed by atoms with Gasteiger partial charge in [0.25, 0.3) is 0 Å². The van der Waals surface area contributed by atoms with E-state index in [1.807, 2.05) is 36.7 Å². The van der Waals surface area contributed by atoms with Crippen LogP contribution in [0.5, 0.6) is 5.75 Å². The molecule has 0 aliphatic carbocycles. The number of rotatable bonds is 8. The molecule has 0 saturated heterocycles. The number of aromatic nitrogens is 4. The Morgan fingerprint density at radius 1 is 1.31 bits per heavy atom. The molecule has 3 N–H and O–H groups in total. The highest BCUT2D eigenvalue weighted by atomic mass is 16.5. The summed E-state index contributed by atoms with van der Waals surface area (Å²) in [6, 6.07) is 8.95. The summed E-state index contributed by atoms with van der Waals surface area (Å²) in [5.74, 6) is 0.149. The van der Waals surface area contributed by atoms with E-state index in [1.54, 1.807) is 6.07 Å². The highest BCUT2D eigenvalue weighted by Gasteiger charge is 2.21. The molecule has 1 aromatic carbocycles. The number of nitrogens with two attached hydrogens (primary N) is 1. The maximum Gasteiger partial charge on any atom is 0.335 e. The molecule has 0 fully saturated rings. The number of fused-ring (bicyclic) bond motifs is 2. The second-order valence-electron chi connectivity index (χ2n) is 7.90. The molecule has 0 bridgehead atoms. The number of allylic oxidation sites excluding steroid dienone is 1. The zero-order valence-electron chi connectivity index (χ0n) is 18.5. The number of imidazole rings is 1. The smallest absolute Gasteiger partial charge is 0.335 e. The first-order valence-corrected chi connectivity index (χ1v) is 10.5. The van der Waals surface area contributed by atoms with Crippen LogP contribution in [-0.4, -0.2) is 37.3 Å². The minimum atomic E-state index is -1.02. The van der Waals surface area contributed by atoms with E-state index < -0.39 is 5.97 Å². The number of unbranched alkanes of at least 4 members (excludes halogenated alkanes) is 1. The molecule has 0 aliphatic rings. The number of ether oxygens (including phenoxy) is 1. The van der Waals surface area contributed by atoms with Crippen molar-refractivity contribution in [1.82, 2.24) is 19.1 Å². The normalized spacial score (nSPS) is 12.4. The first-order valence-electron chi connectivity index (χ1n) is 10.5. The summed E-state index contributed by atoms with van der Waals surface area (Å²) in [5, 5.41) is 10.5. The summed E-state index contributed by atoms with van der Waals surface area (Å²) >= 11 is 0. The number of hydrogen-bond donors (Lipinski definition) is 2. The Bertz CT molecular complexity index is 1330. The standard InChI is InChI=1S/C24H27N5O3/c1-5-6-7-10-29-19(12-15-8-9-17(14(2)25)26-22(15)29)23-27-18-11-16(24(30)31)13-20(32-4)21(18)28(23)3/h5,8-9,11-14H,1,6-7,10,25H2,2-4H3,(H,30,31)/t14-/m1/s1. The lowest BCUT2D eigenvalue weighted by atomic mass is 10.2. The highest BCUT2D eigenvalue weighted by molar-refractivity contribution is 5.96. The van der Waals surface area contributed by atoms with Crippen LogP contribution in [0.2, 0.25) is 0 Å². The fourth-order valence-corrected chi connectivity index (χ4v) is 4.02. The van der Waals surface area contributed by atoms with Crippen LogP contribution in [0.1, 0.15) is 41.9 Å². The van der Waals surface area contributed by atoms with Crippen LogP contribution < -0.4 is 10.5 Å². The third kappa shape index (κ3) is 3.62. The topological polar surface area (TPSA) is 108 Å². The van der Waals surface area contributed by atoms with E-state index in [2.05, 4.69) is 17.2 Å². The molecule has 8 nitrogen and oxygen atoms in total. The lowest BCUT2D eigenvalue weighted by molar-refractivity contribution is 0.0696. The Morgan fingerprint density at radius 3 is 2.75 bits per heavy atom. The van der Waals surface area contributed by atoms with Crippen LogP contribution in [0.4, 0.5) is 0 Å². The fraction of sp³-hybridized carbons (Fsp3) is 0.292. The Hall–Kier alpha value is -3.65. The van der Waals surface area contributed by atoms with Gasteiger partial charge in [-0.05, 0) is 50.1 Å². The number of carbonyl (C=O) groups is 1. The van der Waals surface area contributed by atoms with Crippen molar-refractivity contribution in [1.29, 1.82) is 0 Å². The van der Waals surface area contributed by atoms with Crippen molar-refractivity contribution in [3.05, 3.63) is 54.2 Å². The predicted octanol–water partition coefficient (Wildman–Crippen LogP) is 4.28. The molecular weight excluding hydrogens is 406 g/mol. The van der Waals surface area contributed by atoms with Crippen molar-refractivity contribution in [2.75, 3.05) is 7.11 Å². The number of nitrogens with zero attached hydrogens (tertiary/aromatic N) is 4. The van der Waals surface area contributed by atoms with Gasteiger partial charge >= 0.3 is 5.97 Å². The molecule has 0 saturated carbocycles. The minimum absolute atomic E-state index is 0.133. The SMILES string of the molecule is C=CCCCn1c(-c2nc3cc(C(=O)O)cc(OC)c3n2C)cc2ccc([C@@H](C)N)nc21.